The number of aryl methyl sites for hydroxylation is 2. The van der Waals surface area contributed by atoms with Gasteiger partial charge in [-0.25, -0.2) is 0 Å². The zero-order valence-corrected chi connectivity index (χ0v) is 17.4. The molecule has 6 nitrogen and oxygen atoms in total. The molecule has 0 N–H and O–H groups in total. The highest BCUT2D eigenvalue weighted by atomic mass is 32.2. The van der Waals surface area contributed by atoms with Crippen LogP contribution in [0.5, 0.6) is 0 Å². The number of amides is 1. The summed E-state index contributed by atoms with van der Waals surface area (Å²) in [5, 5.41) is 5.35. The zero-order valence-electron chi connectivity index (χ0n) is 16.6. The number of benzene rings is 1. The number of aromatic nitrogens is 2. The van der Waals surface area contributed by atoms with E-state index in [0.717, 1.165) is 49.1 Å². The van der Waals surface area contributed by atoms with Crippen molar-refractivity contribution in [2.45, 2.75) is 20.4 Å². The number of nitrogens with zero attached hydrogens (tertiary/aromatic N) is 5. The van der Waals surface area contributed by atoms with E-state index in [4.69, 9.17) is 0 Å². The molecular formula is C21H25N5OS. The van der Waals surface area contributed by atoms with Crippen LogP contribution in [-0.4, -0.2) is 56.8 Å². The number of carbonyl (C=O) groups excluding carboxylic acids is 1. The van der Waals surface area contributed by atoms with Gasteiger partial charge in [0, 0.05) is 51.0 Å². The number of rotatable bonds is 3. The second-order valence-electron chi connectivity index (χ2n) is 7.26. The Morgan fingerprint density at radius 3 is 2.46 bits per heavy atom. The number of carbonyl (C=O) groups is 1. The normalized spacial score (nSPS) is 19.5. The Kier molecular flexibility index (Phi) is 5.37. The number of aliphatic imine (C=N–C) groups is 1. The van der Waals surface area contributed by atoms with E-state index in [9.17, 15) is 4.79 Å². The molecule has 0 saturated carbocycles. The predicted octanol–water partition coefficient (Wildman–Crippen LogP) is 2.83. The summed E-state index contributed by atoms with van der Waals surface area (Å²) in [6, 6.07) is 9.92. The van der Waals surface area contributed by atoms with Gasteiger partial charge < -0.3 is 4.90 Å². The maximum atomic E-state index is 12.3. The van der Waals surface area contributed by atoms with E-state index < -0.39 is 0 Å². The van der Waals surface area contributed by atoms with Gasteiger partial charge in [0.05, 0.1) is 10.6 Å². The Morgan fingerprint density at radius 2 is 1.82 bits per heavy atom. The highest BCUT2D eigenvalue weighted by Crippen LogP contribution is 2.30. The summed E-state index contributed by atoms with van der Waals surface area (Å²) in [7, 11) is 2.00. The van der Waals surface area contributed by atoms with E-state index in [2.05, 4.69) is 33.7 Å². The van der Waals surface area contributed by atoms with Gasteiger partial charge in [0.25, 0.3) is 5.91 Å². The first-order valence-electron chi connectivity index (χ1n) is 9.55. The highest BCUT2D eigenvalue weighted by molar-refractivity contribution is 8.18. The van der Waals surface area contributed by atoms with Crippen LogP contribution in [0.15, 0.2) is 40.2 Å². The third kappa shape index (κ3) is 3.91. The molecule has 7 heteroatoms. The molecule has 1 aromatic heterocycles. The molecule has 1 aromatic carbocycles. The maximum Gasteiger partial charge on any atom is 0.286 e. The second-order valence-corrected chi connectivity index (χ2v) is 8.27. The third-order valence-electron chi connectivity index (χ3n) is 5.39. The molecule has 3 heterocycles. The van der Waals surface area contributed by atoms with Gasteiger partial charge in [-0.2, -0.15) is 10.1 Å². The van der Waals surface area contributed by atoms with E-state index in [1.54, 1.807) is 0 Å². The number of hydrogen-bond donors (Lipinski definition) is 0. The minimum atomic E-state index is -0.132. The van der Waals surface area contributed by atoms with Crippen LogP contribution in [0.2, 0.25) is 0 Å². The zero-order chi connectivity index (χ0) is 19.7. The SMILES string of the molecule is Cc1nn(C)c(C)c1CN1CCN(C2=NC(=O)/C(=C/c3ccccc3)S2)CC1. The molecule has 146 valence electrons. The molecular weight excluding hydrogens is 370 g/mol. The fourth-order valence-electron chi connectivity index (χ4n) is 3.60. The molecule has 0 atom stereocenters. The van der Waals surface area contributed by atoms with Crippen LogP contribution in [-0.2, 0) is 18.4 Å². The summed E-state index contributed by atoms with van der Waals surface area (Å²) in [5.41, 5.74) is 4.70. The van der Waals surface area contributed by atoms with Crippen molar-refractivity contribution < 1.29 is 4.79 Å². The van der Waals surface area contributed by atoms with Crippen LogP contribution >= 0.6 is 11.8 Å². The lowest BCUT2D eigenvalue weighted by Gasteiger charge is -2.35. The molecule has 0 aliphatic carbocycles. The topological polar surface area (TPSA) is 53.7 Å². The van der Waals surface area contributed by atoms with Crippen LogP contribution in [0.3, 0.4) is 0 Å². The van der Waals surface area contributed by atoms with Crippen molar-refractivity contribution in [2.24, 2.45) is 12.0 Å². The van der Waals surface area contributed by atoms with Crippen molar-refractivity contribution in [3.8, 4) is 0 Å². The van der Waals surface area contributed by atoms with Crippen molar-refractivity contribution in [3.05, 3.63) is 57.8 Å². The van der Waals surface area contributed by atoms with Gasteiger partial charge in [0.2, 0.25) is 0 Å². The van der Waals surface area contributed by atoms with Crippen LogP contribution < -0.4 is 0 Å². The summed E-state index contributed by atoms with van der Waals surface area (Å²) >= 11 is 1.49. The molecule has 1 fully saturated rings. The average molecular weight is 396 g/mol. The number of amidine groups is 1. The summed E-state index contributed by atoms with van der Waals surface area (Å²) in [6.07, 6.45) is 1.92. The average Bonchev–Trinajstić information content (AvgIpc) is 3.17. The molecule has 2 aliphatic rings. The Hall–Kier alpha value is -2.38. The maximum absolute atomic E-state index is 12.3. The molecule has 2 aliphatic heterocycles. The number of thioether (sulfide) groups is 1. The van der Waals surface area contributed by atoms with Crippen LogP contribution in [0.1, 0.15) is 22.5 Å². The Bertz CT molecular complexity index is 939. The summed E-state index contributed by atoms with van der Waals surface area (Å²) in [6.45, 7) is 8.82. The first-order valence-corrected chi connectivity index (χ1v) is 10.4. The van der Waals surface area contributed by atoms with Gasteiger partial charge in [0.1, 0.15) is 0 Å². The van der Waals surface area contributed by atoms with Crippen LogP contribution in [0.4, 0.5) is 0 Å². The lowest BCUT2D eigenvalue weighted by atomic mass is 10.1. The van der Waals surface area contributed by atoms with Gasteiger partial charge >= 0.3 is 0 Å². The minimum Gasteiger partial charge on any atom is -0.348 e. The van der Waals surface area contributed by atoms with E-state index in [1.165, 1.54) is 23.0 Å². The van der Waals surface area contributed by atoms with Gasteiger partial charge in [-0.05, 0) is 37.2 Å². The van der Waals surface area contributed by atoms with Gasteiger partial charge in [-0.15, -0.1) is 0 Å². The lowest BCUT2D eigenvalue weighted by Crippen LogP contribution is -2.47. The van der Waals surface area contributed by atoms with E-state index in [-0.39, 0.29) is 5.91 Å². The molecule has 0 radical (unpaired) electrons. The van der Waals surface area contributed by atoms with Crippen molar-refractivity contribution in [1.29, 1.82) is 0 Å². The summed E-state index contributed by atoms with van der Waals surface area (Å²) < 4.78 is 1.96. The van der Waals surface area contributed by atoms with Gasteiger partial charge in [0.15, 0.2) is 5.17 Å². The van der Waals surface area contributed by atoms with Crippen LogP contribution in [0, 0.1) is 13.8 Å². The Balaban J connectivity index is 1.36. The molecule has 1 saturated heterocycles. The molecule has 0 unspecified atom stereocenters. The van der Waals surface area contributed by atoms with Crippen LogP contribution in [0.25, 0.3) is 6.08 Å². The lowest BCUT2D eigenvalue weighted by molar-refractivity contribution is -0.113. The molecule has 0 bridgehead atoms. The quantitative estimate of drug-likeness (QED) is 0.748. The van der Waals surface area contributed by atoms with E-state index >= 15 is 0 Å². The van der Waals surface area contributed by atoms with Crippen molar-refractivity contribution in [3.63, 3.8) is 0 Å². The van der Waals surface area contributed by atoms with Crippen molar-refractivity contribution in [1.82, 2.24) is 19.6 Å². The fourth-order valence-corrected chi connectivity index (χ4v) is 4.57. The predicted molar refractivity (Wildman–Crippen MR) is 114 cm³/mol. The molecule has 0 spiro atoms. The summed E-state index contributed by atoms with van der Waals surface area (Å²) in [4.78, 5) is 22.0. The largest absolute Gasteiger partial charge is 0.348 e. The minimum absolute atomic E-state index is 0.132. The molecule has 28 heavy (non-hydrogen) atoms. The highest BCUT2D eigenvalue weighted by Gasteiger charge is 2.28. The van der Waals surface area contributed by atoms with E-state index in [1.807, 2.05) is 48.1 Å². The Morgan fingerprint density at radius 1 is 1.11 bits per heavy atom. The van der Waals surface area contributed by atoms with E-state index in [0.29, 0.717) is 4.91 Å². The number of hydrogen-bond acceptors (Lipinski definition) is 5. The summed E-state index contributed by atoms with van der Waals surface area (Å²) in [5.74, 6) is -0.132. The van der Waals surface area contributed by atoms with Gasteiger partial charge in [-0.1, -0.05) is 30.3 Å². The monoisotopic (exact) mass is 395 g/mol. The standard InChI is InChI=1S/C21H25N5OS/c1-15-18(16(2)24(3)23-15)14-25-9-11-26(12-10-25)21-22-20(27)19(28-21)13-17-7-5-4-6-8-17/h4-8,13H,9-12,14H2,1-3H3/b19-13-. The third-order valence-corrected chi connectivity index (χ3v) is 6.43. The first kappa shape index (κ1) is 19.0. The smallest absolute Gasteiger partial charge is 0.286 e. The van der Waals surface area contributed by atoms with Crippen molar-refractivity contribution in [2.75, 3.05) is 26.2 Å². The molecule has 4 rings (SSSR count). The van der Waals surface area contributed by atoms with Gasteiger partial charge in [-0.3, -0.25) is 14.4 Å². The second kappa shape index (κ2) is 7.93. The molecule has 1 amide bonds. The first-order chi connectivity index (χ1) is 13.5. The fraction of sp³-hybridized carbons (Fsp3) is 0.381. The van der Waals surface area contributed by atoms with Crippen molar-refractivity contribution >= 4 is 28.9 Å². The molecule has 2 aromatic rings. The number of piperazine rings is 1. The Labute approximate surface area is 169 Å².